The lowest BCUT2D eigenvalue weighted by Crippen LogP contribution is -2.09. The average molecular weight is 305 g/mol. The molecule has 0 aliphatic heterocycles. The van der Waals surface area contributed by atoms with E-state index in [1.165, 1.54) is 12.3 Å². The van der Waals surface area contributed by atoms with Gasteiger partial charge in [0.25, 0.3) is 0 Å². The van der Waals surface area contributed by atoms with Crippen LogP contribution >= 0.6 is 0 Å². The predicted molar refractivity (Wildman–Crippen MR) is 83.3 cm³/mol. The highest BCUT2D eigenvalue weighted by molar-refractivity contribution is 7.90. The van der Waals surface area contributed by atoms with Gasteiger partial charge in [0.2, 0.25) is 0 Å². The van der Waals surface area contributed by atoms with Crippen molar-refractivity contribution >= 4 is 9.84 Å². The first-order chi connectivity index (χ1) is 9.91. The molecule has 112 valence electrons. The van der Waals surface area contributed by atoms with Gasteiger partial charge >= 0.3 is 0 Å². The molecule has 5 heteroatoms. The zero-order valence-electron chi connectivity index (χ0n) is 12.1. The molecular formula is C16H19NO3S. The maximum atomic E-state index is 11.6. The molecule has 0 spiro atoms. The van der Waals surface area contributed by atoms with Crippen LogP contribution in [0.2, 0.25) is 0 Å². The Bertz CT molecular complexity index is 726. The first-order valence-electron chi connectivity index (χ1n) is 6.74. The first kappa shape index (κ1) is 15.5. The summed E-state index contributed by atoms with van der Waals surface area (Å²) in [4.78, 5) is 0.234. The molecule has 0 aromatic heterocycles. The zero-order chi connectivity index (χ0) is 15.5. The molecule has 0 amide bonds. The molecule has 0 fully saturated rings. The number of hydrogen-bond acceptors (Lipinski definition) is 4. The van der Waals surface area contributed by atoms with E-state index in [9.17, 15) is 8.42 Å². The summed E-state index contributed by atoms with van der Waals surface area (Å²) in [5.74, 6) is 1.13. The minimum atomic E-state index is -3.25. The van der Waals surface area contributed by atoms with Crippen molar-refractivity contribution in [3.8, 4) is 11.5 Å². The van der Waals surface area contributed by atoms with Crippen molar-refractivity contribution in [3.05, 3.63) is 54.1 Å². The number of hydrogen-bond donors (Lipinski definition) is 1. The zero-order valence-corrected chi connectivity index (χ0v) is 12.9. The quantitative estimate of drug-likeness (QED) is 0.920. The molecule has 21 heavy (non-hydrogen) atoms. The van der Waals surface area contributed by atoms with E-state index in [1.807, 2.05) is 31.2 Å². The van der Waals surface area contributed by atoms with Crippen molar-refractivity contribution < 1.29 is 13.2 Å². The molecule has 2 N–H and O–H groups in total. The van der Waals surface area contributed by atoms with E-state index < -0.39 is 9.84 Å². The van der Waals surface area contributed by atoms with Crippen molar-refractivity contribution in [1.29, 1.82) is 0 Å². The highest BCUT2D eigenvalue weighted by Crippen LogP contribution is 2.30. The Morgan fingerprint density at radius 3 is 2.52 bits per heavy atom. The Hall–Kier alpha value is -1.85. The summed E-state index contributed by atoms with van der Waals surface area (Å²) in [6.07, 6.45) is 1.97. The molecule has 4 nitrogen and oxygen atoms in total. The van der Waals surface area contributed by atoms with Crippen LogP contribution in [0.4, 0.5) is 0 Å². The number of sulfone groups is 1. The Kier molecular flexibility index (Phi) is 4.65. The van der Waals surface area contributed by atoms with E-state index in [0.29, 0.717) is 11.5 Å². The summed E-state index contributed by atoms with van der Waals surface area (Å²) in [6, 6.07) is 13.9. The van der Waals surface area contributed by atoms with Crippen LogP contribution in [0, 0.1) is 0 Å². The molecule has 1 atom stereocenters. The Morgan fingerprint density at radius 1 is 1.14 bits per heavy atom. The minimum absolute atomic E-state index is 0.112. The summed E-state index contributed by atoms with van der Waals surface area (Å²) in [5, 5.41) is 0. The molecule has 0 radical (unpaired) electrons. The number of rotatable bonds is 5. The van der Waals surface area contributed by atoms with Crippen molar-refractivity contribution in [2.45, 2.75) is 24.3 Å². The Morgan fingerprint density at radius 2 is 1.86 bits per heavy atom. The van der Waals surface area contributed by atoms with Gasteiger partial charge in [0.05, 0.1) is 4.90 Å². The van der Waals surface area contributed by atoms with E-state index in [-0.39, 0.29) is 10.9 Å². The number of benzene rings is 2. The van der Waals surface area contributed by atoms with Crippen LogP contribution in [0.5, 0.6) is 11.5 Å². The lowest BCUT2D eigenvalue weighted by atomic mass is 10.0. The van der Waals surface area contributed by atoms with Gasteiger partial charge in [-0.1, -0.05) is 31.2 Å². The van der Waals surface area contributed by atoms with Crippen LogP contribution in [-0.2, 0) is 9.84 Å². The van der Waals surface area contributed by atoms with Crippen molar-refractivity contribution in [3.63, 3.8) is 0 Å². The predicted octanol–water partition coefficient (Wildman–Crippen LogP) is 3.29. The second kappa shape index (κ2) is 6.28. The molecule has 0 bridgehead atoms. The maximum Gasteiger partial charge on any atom is 0.175 e. The van der Waals surface area contributed by atoms with Crippen molar-refractivity contribution in [2.24, 2.45) is 5.73 Å². The van der Waals surface area contributed by atoms with E-state index >= 15 is 0 Å². The molecule has 2 rings (SSSR count). The first-order valence-corrected chi connectivity index (χ1v) is 8.63. The second-order valence-corrected chi connectivity index (χ2v) is 6.92. The molecule has 0 heterocycles. The van der Waals surface area contributed by atoms with Gasteiger partial charge in [-0.2, -0.15) is 0 Å². The Labute approximate surface area is 125 Å². The summed E-state index contributed by atoms with van der Waals surface area (Å²) in [7, 11) is -3.25. The fourth-order valence-corrected chi connectivity index (χ4v) is 2.65. The van der Waals surface area contributed by atoms with Crippen LogP contribution in [0.1, 0.15) is 24.9 Å². The number of para-hydroxylation sites is 1. The molecule has 0 saturated carbocycles. The van der Waals surface area contributed by atoms with Gasteiger partial charge in [-0.3, -0.25) is 0 Å². The molecular weight excluding hydrogens is 286 g/mol. The van der Waals surface area contributed by atoms with E-state index in [2.05, 4.69) is 0 Å². The highest BCUT2D eigenvalue weighted by Gasteiger charge is 2.12. The molecule has 2 aromatic carbocycles. The van der Waals surface area contributed by atoms with E-state index in [1.54, 1.807) is 18.2 Å². The Balaban J connectivity index is 2.35. The summed E-state index contributed by atoms with van der Waals surface area (Å²) >= 11 is 0. The lowest BCUT2D eigenvalue weighted by Gasteiger charge is -2.15. The van der Waals surface area contributed by atoms with Gasteiger partial charge < -0.3 is 10.5 Å². The summed E-state index contributed by atoms with van der Waals surface area (Å²) in [6.45, 7) is 2.01. The van der Waals surface area contributed by atoms with Crippen LogP contribution < -0.4 is 10.5 Å². The van der Waals surface area contributed by atoms with Crippen LogP contribution in [0.15, 0.2) is 53.4 Å². The van der Waals surface area contributed by atoms with Crippen LogP contribution in [0.3, 0.4) is 0 Å². The summed E-state index contributed by atoms with van der Waals surface area (Å²) < 4.78 is 29.0. The lowest BCUT2D eigenvalue weighted by molar-refractivity contribution is 0.467. The van der Waals surface area contributed by atoms with Crippen molar-refractivity contribution in [2.75, 3.05) is 6.26 Å². The molecule has 0 saturated heterocycles. The van der Waals surface area contributed by atoms with E-state index in [4.69, 9.17) is 10.5 Å². The number of ether oxygens (including phenoxy) is 1. The van der Waals surface area contributed by atoms with Gasteiger partial charge in [0, 0.05) is 17.9 Å². The molecule has 0 aliphatic rings. The highest BCUT2D eigenvalue weighted by atomic mass is 32.2. The largest absolute Gasteiger partial charge is 0.457 e. The van der Waals surface area contributed by atoms with E-state index in [0.717, 1.165) is 12.0 Å². The minimum Gasteiger partial charge on any atom is -0.457 e. The van der Waals surface area contributed by atoms with Gasteiger partial charge in [-0.15, -0.1) is 0 Å². The van der Waals surface area contributed by atoms with Crippen LogP contribution in [0.25, 0.3) is 0 Å². The topological polar surface area (TPSA) is 69.4 Å². The fraction of sp³-hybridized carbons (Fsp3) is 0.250. The van der Waals surface area contributed by atoms with Crippen molar-refractivity contribution in [1.82, 2.24) is 0 Å². The normalized spacial score (nSPS) is 12.9. The smallest absolute Gasteiger partial charge is 0.175 e. The molecule has 1 unspecified atom stereocenters. The third-order valence-corrected chi connectivity index (χ3v) is 4.33. The van der Waals surface area contributed by atoms with Gasteiger partial charge in [0.15, 0.2) is 9.84 Å². The molecule has 2 aromatic rings. The second-order valence-electron chi connectivity index (χ2n) is 4.90. The van der Waals surface area contributed by atoms with Gasteiger partial charge in [0.1, 0.15) is 11.5 Å². The van der Waals surface area contributed by atoms with Crippen LogP contribution in [-0.4, -0.2) is 14.7 Å². The SMILES string of the molecule is CCC(N)c1ccccc1Oc1cccc(S(C)(=O)=O)c1. The third-order valence-electron chi connectivity index (χ3n) is 3.22. The fourth-order valence-electron chi connectivity index (χ4n) is 2.00. The monoisotopic (exact) mass is 305 g/mol. The maximum absolute atomic E-state index is 11.6. The van der Waals surface area contributed by atoms with Gasteiger partial charge in [-0.25, -0.2) is 8.42 Å². The summed E-state index contributed by atoms with van der Waals surface area (Å²) in [5.41, 5.74) is 6.98. The number of nitrogens with two attached hydrogens (primary N) is 1. The van der Waals surface area contributed by atoms with Gasteiger partial charge in [-0.05, 0) is 30.7 Å². The molecule has 0 aliphatic carbocycles. The standard InChI is InChI=1S/C16H19NO3S/c1-3-15(17)14-9-4-5-10-16(14)20-12-7-6-8-13(11-12)21(2,18)19/h4-11,15H,3,17H2,1-2H3. The third kappa shape index (κ3) is 3.83. The average Bonchev–Trinajstić information content (AvgIpc) is 2.46.